The number of aliphatic imine (C=N–C) groups is 1. The van der Waals surface area contributed by atoms with Crippen molar-refractivity contribution >= 4 is 6.34 Å². The highest BCUT2D eigenvalue weighted by Crippen LogP contribution is 2.27. The van der Waals surface area contributed by atoms with Crippen molar-refractivity contribution in [3.63, 3.8) is 0 Å². The van der Waals surface area contributed by atoms with Gasteiger partial charge in [0.25, 0.3) is 0 Å². The Bertz CT molecular complexity index is 560. The Hall–Kier alpha value is -2.13. The number of rotatable bonds is 12. The number of allylic oxidation sites excluding steroid dienone is 8. The van der Waals surface area contributed by atoms with Gasteiger partial charge in [-0.3, -0.25) is 4.99 Å². The smallest absolute Gasteiger partial charge is 0.0801 e. The molecular formula is C22H35N3. The molecule has 1 unspecified atom stereocenters. The molecule has 0 bridgehead atoms. The topological polar surface area (TPSA) is 64.4 Å². The van der Waals surface area contributed by atoms with Gasteiger partial charge < -0.3 is 11.5 Å². The van der Waals surface area contributed by atoms with Crippen LogP contribution in [-0.4, -0.2) is 19.4 Å². The molecule has 0 saturated heterocycles. The van der Waals surface area contributed by atoms with Crippen LogP contribution in [0.15, 0.2) is 76.9 Å². The average Bonchev–Trinajstić information content (AvgIpc) is 2.58. The summed E-state index contributed by atoms with van der Waals surface area (Å²) in [5.74, 6) is 0.435. The van der Waals surface area contributed by atoms with Gasteiger partial charge in [0.15, 0.2) is 0 Å². The minimum Gasteiger partial charge on any atom is -0.390 e. The molecule has 3 heteroatoms. The third-order valence-electron chi connectivity index (χ3n) is 4.22. The van der Waals surface area contributed by atoms with Gasteiger partial charge in [0.1, 0.15) is 0 Å². The normalized spacial score (nSPS) is 15.1. The van der Waals surface area contributed by atoms with Gasteiger partial charge in [-0.15, -0.1) is 0 Å². The lowest BCUT2D eigenvalue weighted by atomic mass is 9.87. The zero-order chi connectivity index (χ0) is 19.1. The maximum Gasteiger partial charge on any atom is 0.0801 e. The summed E-state index contributed by atoms with van der Waals surface area (Å²) in [7, 11) is 0. The van der Waals surface area contributed by atoms with Gasteiger partial charge in [-0.1, -0.05) is 60.8 Å². The second-order valence-electron chi connectivity index (χ2n) is 6.23. The lowest BCUT2D eigenvalue weighted by Crippen LogP contribution is -2.05. The Kier molecular flexibility index (Phi) is 13.0. The molecule has 0 aromatic rings. The summed E-state index contributed by atoms with van der Waals surface area (Å²) in [4.78, 5) is 3.93. The molecule has 0 aliphatic carbocycles. The van der Waals surface area contributed by atoms with Crippen LogP contribution in [-0.2, 0) is 0 Å². The van der Waals surface area contributed by atoms with Crippen molar-refractivity contribution in [3.05, 3.63) is 71.9 Å². The van der Waals surface area contributed by atoms with Crippen molar-refractivity contribution in [1.82, 2.24) is 0 Å². The van der Waals surface area contributed by atoms with Crippen molar-refractivity contribution in [2.45, 2.75) is 40.0 Å². The summed E-state index contributed by atoms with van der Waals surface area (Å²) >= 11 is 0. The fraction of sp³-hybridized carbons (Fsp3) is 0.409. The molecule has 1 atom stereocenters. The van der Waals surface area contributed by atoms with Gasteiger partial charge in [-0.25, -0.2) is 0 Å². The van der Waals surface area contributed by atoms with E-state index in [1.54, 1.807) is 0 Å². The number of hydrogen-bond acceptors (Lipinski definition) is 2. The number of nitrogens with two attached hydrogens (primary N) is 2. The first-order chi connectivity index (χ1) is 12.0. The number of nitrogens with zero attached hydrogens (tertiary/aromatic N) is 1. The summed E-state index contributed by atoms with van der Waals surface area (Å²) in [5.41, 5.74) is 16.1. The van der Waals surface area contributed by atoms with Crippen molar-refractivity contribution in [2.24, 2.45) is 22.4 Å². The quantitative estimate of drug-likeness (QED) is 0.230. The third kappa shape index (κ3) is 10.4. The molecule has 0 rings (SSSR count). The fourth-order valence-corrected chi connectivity index (χ4v) is 2.53. The zero-order valence-corrected chi connectivity index (χ0v) is 16.2. The lowest BCUT2D eigenvalue weighted by molar-refractivity contribution is 0.614. The molecule has 25 heavy (non-hydrogen) atoms. The van der Waals surface area contributed by atoms with Crippen LogP contribution < -0.4 is 11.5 Å². The fourth-order valence-electron chi connectivity index (χ4n) is 2.53. The molecule has 0 aromatic heterocycles. The first kappa shape index (κ1) is 22.9. The molecule has 0 fully saturated rings. The van der Waals surface area contributed by atoms with Gasteiger partial charge in [0, 0.05) is 0 Å². The summed E-state index contributed by atoms with van der Waals surface area (Å²) in [6.45, 7) is 15.7. The van der Waals surface area contributed by atoms with Crippen LogP contribution in [0.1, 0.15) is 40.0 Å². The SMILES string of the molecule is C=C/C=C(CCN)\C(C)=C(/C)CC(C/C=C\C=C/CN=CN)C(=C)C. The van der Waals surface area contributed by atoms with Gasteiger partial charge >= 0.3 is 0 Å². The molecule has 138 valence electrons. The van der Waals surface area contributed by atoms with Crippen LogP contribution in [0, 0.1) is 5.92 Å². The predicted octanol–water partition coefficient (Wildman–Crippen LogP) is 4.86. The molecule has 3 nitrogen and oxygen atoms in total. The van der Waals surface area contributed by atoms with Crippen molar-refractivity contribution in [3.8, 4) is 0 Å². The number of hydrogen-bond donors (Lipinski definition) is 2. The molecule has 0 saturated carbocycles. The van der Waals surface area contributed by atoms with E-state index in [1.165, 1.54) is 28.6 Å². The maximum atomic E-state index is 5.73. The minimum atomic E-state index is 0.435. The van der Waals surface area contributed by atoms with E-state index in [4.69, 9.17) is 11.5 Å². The monoisotopic (exact) mass is 341 g/mol. The van der Waals surface area contributed by atoms with Gasteiger partial charge in [0.05, 0.1) is 12.9 Å². The van der Waals surface area contributed by atoms with E-state index < -0.39 is 0 Å². The van der Waals surface area contributed by atoms with E-state index in [-0.39, 0.29) is 0 Å². The highest BCUT2D eigenvalue weighted by atomic mass is 14.8. The van der Waals surface area contributed by atoms with Gasteiger partial charge in [0.2, 0.25) is 0 Å². The Morgan fingerprint density at radius 1 is 1.16 bits per heavy atom. The standard InChI is InChI=1S/C22H35N3/c1-6-11-21(13-14-23)20(5)19(4)16-22(18(2)3)12-9-7-8-10-15-25-17-24/h6-11,17,22H,1-2,12-16,23H2,3-5H3,(H2,24,25)/b9-7-,10-8-,20-19+,21-11-. The molecule has 0 radical (unpaired) electrons. The Labute approximate surface area is 154 Å². The van der Waals surface area contributed by atoms with Crippen molar-refractivity contribution in [2.75, 3.05) is 13.1 Å². The first-order valence-corrected chi connectivity index (χ1v) is 8.83. The predicted molar refractivity (Wildman–Crippen MR) is 114 cm³/mol. The minimum absolute atomic E-state index is 0.435. The Morgan fingerprint density at radius 2 is 1.84 bits per heavy atom. The second-order valence-corrected chi connectivity index (χ2v) is 6.23. The molecule has 0 aliphatic heterocycles. The van der Waals surface area contributed by atoms with E-state index in [2.05, 4.69) is 57.1 Å². The molecule has 0 spiro atoms. The van der Waals surface area contributed by atoms with Crippen LogP contribution >= 0.6 is 0 Å². The van der Waals surface area contributed by atoms with Crippen LogP contribution in [0.3, 0.4) is 0 Å². The molecule has 4 N–H and O–H groups in total. The molecule has 0 amide bonds. The van der Waals surface area contributed by atoms with E-state index in [1.807, 2.05) is 18.2 Å². The Morgan fingerprint density at radius 3 is 2.40 bits per heavy atom. The summed E-state index contributed by atoms with van der Waals surface area (Å²) in [6, 6.07) is 0. The van der Waals surface area contributed by atoms with Crippen LogP contribution in [0.2, 0.25) is 0 Å². The van der Waals surface area contributed by atoms with E-state index in [0.29, 0.717) is 19.0 Å². The molecule has 0 heterocycles. The van der Waals surface area contributed by atoms with Gasteiger partial charge in [-0.05, 0) is 63.6 Å². The summed E-state index contributed by atoms with van der Waals surface area (Å²) < 4.78 is 0. The third-order valence-corrected chi connectivity index (χ3v) is 4.22. The zero-order valence-electron chi connectivity index (χ0n) is 16.2. The summed E-state index contributed by atoms with van der Waals surface area (Å²) in [5, 5.41) is 0. The van der Waals surface area contributed by atoms with Crippen molar-refractivity contribution < 1.29 is 0 Å². The molecule has 0 aliphatic rings. The lowest BCUT2D eigenvalue weighted by Gasteiger charge is -2.18. The Balaban J connectivity index is 4.94. The van der Waals surface area contributed by atoms with Gasteiger partial charge in [-0.2, -0.15) is 0 Å². The largest absolute Gasteiger partial charge is 0.390 e. The highest BCUT2D eigenvalue weighted by Gasteiger charge is 2.11. The van der Waals surface area contributed by atoms with Crippen LogP contribution in [0.25, 0.3) is 0 Å². The van der Waals surface area contributed by atoms with E-state index >= 15 is 0 Å². The van der Waals surface area contributed by atoms with E-state index in [9.17, 15) is 0 Å². The first-order valence-electron chi connectivity index (χ1n) is 8.83. The van der Waals surface area contributed by atoms with E-state index in [0.717, 1.165) is 19.3 Å². The van der Waals surface area contributed by atoms with Crippen LogP contribution in [0.4, 0.5) is 0 Å². The summed E-state index contributed by atoms with van der Waals surface area (Å²) in [6.07, 6.45) is 16.3. The van der Waals surface area contributed by atoms with Crippen LogP contribution in [0.5, 0.6) is 0 Å². The highest BCUT2D eigenvalue weighted by molar-refractivity contribution is 5.51. The molecule has 0 aromatic carbocycles. The van der Waals surface area contributed by atoms with Crippen molar-refractivity contribution in [1.29, 1.82) is 0 Å². The maximum absolute atomic E-state index is 5.73. The molecular weight excluding hydrogens is 306 g/mol. The average molecular weight is 342 g/mol. The second kappa shape index (κ2) is 14.2.